The number of benzene rings is 1. The van der Waals surface area contributed by atoms with E-state index in [4.69, 9.17) is 0 Å². The second kappa shape index (κ2) is 6.61. The Bertz CT molecular complexity index is 772. The van der Waals surface area contributed by atoms with Gasteiger partial charge >= 0.3 is 0 Å². The lowest BCUT2D eigenvalue weighted by Crippen LogP contribution is -2.34. The average Bonchev–Trinajstić information content (AvgIpc) is 3.27. The quantitative estimate of drug-likeness (QED) is 0.773. The molecule has 0 spiro atoms. The Balaban J connectivity index is 1.53. The van der Waals surface area contributed by atoms with Crippen LogP contribution in [-0.4, -0.2) is 38.2 Å². The van der Waals surface area contributed by atoms with Gasteiger partial charge in [-0.05, 0) is 31.9 Å². The summed E-state index contributed by atoms with van der Waals surface area (Å²) < 4.78 is 0. The monoisotopic (exact) mass is 321 g/mol. The van der Waals surface area contributed by atoms with Crippen molar-refractivity contribution < 1.29 is 0 Å². The van der Waals surface area contributed by atoms with E-state index >= 15 is 0 Å². The molecule has 2 aromatic heterocycles. The zero-order valence-corrected chi connectivity index (χ0v) is 14.0. The molecule has 0 amide bonds. The highest BCUT2D eigenvalue weighted by molar-refractivity contribution is 5.66. The van der Waals surface area contributed by atoms with Crippen LogP contribution in [0.15, 0.2) is 43.0 Å². The van der Waals surface area contributed by atoms with Crippen molar-refractivity contribution in [3.63, 3.8) is 0 Å². The van der Waals surface area contributed by atoms with E-state index in [1.807, 2.05) is 12.4 Å². The third-order valence-electron chi connectivity index (χ3n) is 4.89. The summed E-state index contributed by atoms with van der Waals surface area (Å²) in [4.78, 5) is 9.82. The molecule has 24 heavy (non-hydrogen) atoms. The number of aromatic amines is 2. The molecule has 0 aliphatic carbocycles. The first-order valence-electron chi connectivity index (χ1n) is 8.59. The maximum absolute atomic E-state index is 4.34. The summed E-state index contributed by atoms with van der Waals surface area (Å²) in [5.41, 5.74) is 6.22. The van der Waals surface area contributed by atoms with Gasteiger partial charge in [-0.15, -0.1) is 0 Å². The molecule has 3 aromatic rings. The Morgan fingerprint density at radius 2 is 2.08 bits per heavy atom. The lowest BCUT2D eigenvalue weighted by Gasteiger charge is -2.32. The molecule has 0 radical (unpaired) electrons. The minimum absolute atomic E-state index is 0.500. The van der Waals surface area contributed by atoms with Gasteiger partial charge in [-0.1, -0.05) is 29.8 Å². The average molecular weight is 321 g/mol. The minimum atomic E-state index is 0.500. The Morgan fingerprint density at radius 3 is 2.88 bits per heavy atom. The molecule has 5 nitrogen and oxygen atoms in total. The summed E-state index contributed by atoms with van der Waals surface area (Å²) in [6.45, 7) is 5.25. The van der Waals surface area contributed by atoms with E-state index in [2.05, 4.69) is 56.3 Å². The van der Waals surface area contributed by atoms with E-state index in [1.54, 1.807) is 6.33 Å². The van der Waals surface area contributed by atoms with Crippen LogP contribution in [0.3, 0.4) is 0 Å². The standard InChI is InChI=1S/C19H23N5/c1-14-4-6-15(7-5-14)18-10-22-23-19(18)16-3-2-8-24(11-16)12-17-9-20-13-21-17/h4-7,9-10,13,16H,2-3,8,11-12H2,1H3,(H,20,21)(H,22,23). The number of imidazole rings is 1. The number of nitrogens with one attached hydrogen (secondary N) is 2. The molecule has 1 aromatic carbocycles. The molecule has 2 N–H and O–H groups in total. The molecule has 124 valence electrons. The van der Waals surface area contributed by atoms with Crippen molar-refractivity contribution in [1.82, 2.24) is 25.1 Å². The van der Waals surface area contributed by atoms with Gasteiger partial charge in [0.15, 0.2) is 0 Å². The summed E-state index contributed by atoms with van der Waals surface area (Å²) in [5.74, 6) is 0.500. The first-order valence-corrected chi connectivity index (χ1v) is 8.59. The van der Waals surface area contributed by atoms with Gasteiger partial charge in [-0.3, -0.25) is 10.00 Å². The lowest BCUT2D eigenvalue weighted by atomic mass is 9.90. The normalized spacial score (nSPS) is 18.8. The van der Waals surface area contributed by atoms with Crippen molar-refractivity contribution in [2.45, 2.75) is 32.2 Å². The van der Waals surface area contributed by atoms with Crippen molar-refractivity contribution in [2.75, 3.05) is 13.1 Å². The maximum Gasteiger partial charge on any atom is 0.0922 e. The third-order valence-corrected chi connectivity index (χ3v) is 4.89. The SMILES string of the molecule is Cc1ccc(-c2cn[nH]c2C2CCCN(Cc3cnc[nH]3)C2)cc1. The number of hydrogen-bond acceptors (Lipinski definition) is 3. The molecule has 5 heteroatoms. The van der Waals surface area contributed by atoms with E-state index in [-0.39, 0.29) is 0 Å². The molecular weight excluding hydrogens is 298 g/mol. The van der Waals surface area contributed by atoms with Crippen LogP contribution in [0.25, 0.3) is 11.1 Å². The van der Waals surface area contributed by atoms with Crippen molar-refractivity contribution >= 4 is 0 Å². The molecule has 3 heterocycles. The van der Waals surface area contributed by atoms with Gasteiger partial charge < -0.3 is 4.98 Å². The predicted octanol–water partition coefficient (Wildman–Crippen LogP) is 3.49. The molecule has 1 fully saturated rings. The van der Waals surface area contributed by atoms with Crippen LogP contribution in [0.5, 0.6) is 0 Å². The zero-order chi connectivity index (χ0) is 16.4. The first kappa shape index (κ1) is 15.1. The van der Waals surface area contributed by atoms with Crippen molar-refractivity contribution in [2.24, 2.45) is 0 Å². The van der Waals surface area contributed by atoms with Crippen molar-refractivity contribution in [1.29, 1.82) is 0 Å². The largest absolute Gasteiger partial charge is 0.347 e. The predicted molar refractivity (Wildman–Crippen MR) is 94.6 cm³/mol. The van der Waals surface area contributed by atoms with Gasteiger partial charge in [-0.2, -0.15) is 5.10 Å². The van der Waals surface area contributed by atoms with Crippen LogP contribution >= 0.6 is 0 Å². The Labute approximate surface area is 142 Å². The highest BCUT2D eigenvalue weighted by Crippen LogP contribution is 2.33. The number of hydrogen-bond donors (Lipinski definition) is 2. The molecule has 1 unspecified atom stereocenters. The van der Waals surface area contributed by atoms with Crippen LogP contribution in [0.4, 0.5) is 0 Å². The highest BCUT2D eigenvalue weighted by Gasteiger charge is 2.25. The topological polar surface area (TPSA) is 60.6 Å². The molecule has 1 aliphatic heterocycles. The molecule has 4 rings (SSSR count). The molecule has 0 saturated carbocycles. The number of nitrogens with zero attached hydrogens (tertiary/aromatic N) is 3. The van der Waals surface area contributed by atoms with E-state index < -0.39 is 0 Å². The number of H-pyrrole nitrogens is 2. The van der Waals surface area contributed by atoms with E-state index in [1.165, 1.54) is 40.9 Å². The Kier molecular flexibility index (Phi) is 4.17. The van der Waals surface area contributed by atoms with Gasteiger partial charge in [0, 0.05) is 42.2 Å². The molecule has 1 saturated heterocycles. The van der Waals surface area contributed by atoms with Gasteiger partial charge in [0.1, 0.15) is 0 Å². The molecule has 1 aliphatic rings. The van der Waals surface area contributed by atoms with E-state index in [9.17, 15) is 0 Å². The van der Waals surface area contributed by atoms with Crippen LogP contribution in [0.2, 0.25) is 0 Å². The lowest BCUT2D eigenvalue weighted by molar-refractivity contribution is 0.197. The van der Waals surface area contributed by atoms with Crippen molar-refractivity contribution in [3.8, 4) is 11.1 Å². The fourth-order valence-electron chi connectivity index (χ4n) is 3.62. The second-order valence-electron chi connectivity index (χ2n) is 6.71. The summed E-state index contributed by atoms with van der Waals surface area (Å²) >= 11 is 0. The van der Waals surface area contributed by atoms with E-state index in [0.717, 1.165) is 19.6 Å². The smallest absolute Gasteiger partial charge is 0.0922 e. The summed E-state index contributed by atoms with van der Waals surface area (Å²) in [6.07, 6.45) is 8.05. The highest BCUT2D eigenvalue weighted by atomic mass is 15.2. The molecule has 1 atom stereocenters. The number of likely N-dealkylation sites (tertiary alicyclic amines) is 1. The van der Waals surface area contributed by atoms with Gasteiger partial charge in [0.2, 0.25) is 0 Å². The minimum Gasteiger partial charge on any atom is -0.347 e. The number of rotatable bonds is 4. The van der Waals surface area contributed by atoms with Gasteiger partial charge in [-0.25, -0.2) is 4.98 Å². The second-order valence-corrected chi connectivity index (χ2v) is 6.71. The molecule has 0 bridgehead atoms. The summed E-state index contributed by atoms with van der Waals surface area (Å²) in [7, 11) is 0. The third kappa shape index (κ3) is 3.12. The van der Waals surface area contributed by atoms with Crippen LogP contribution in [0.1, 0.15) is 35.7 Å². The first-order chi connectivity index (χ1) is 11.8. The van der Waals surface area contributed by atoms with Gasteiger partial charge in [0.25, 0.3) is 0 Å². The maximum atomic E-state index is 4.34. The number of piperidine rings is 1. The summed E-state index contributed by atoms with van der Waals surface area (Å²) in [5, 5.41) is 7.61. The van der Waals surface area contributed by atoms with E-state index in [0.29, 0.717) is 5.92 Å². The van der Waals surface area contributed by atoms with Crippen LogP contribution in [0, 0.1) is 6.92 Å². The van der Waals surface area contributed by atoms with Crippen molar-refractivity contribution in [3.05, 3.63) is 59.9 Å². The fraction of sp³-hybridized carbons (Fsp3) is 0.368. The molecular formula is C19H23N5. The van der Waals surface area contributed by atoms with Crippen LogP contribution < -0.4 is 0 Å². The Morgan fingerprint density at radius 1 is 1.21 bits per heavy atom. The van der Waals surface area contributed by atoms with Crippen LogP contribution in [-0.2, 0) is 6.54 Å². The fourth-order valence-corrected chi connectivity index (χ4v) is 3.62. The zero-order valence-electron chi connectivity index (χ0n) is 14.0. The Hall–Kier alpha value is -2.40. The van der Waals surface area contributed by atoms with Gasteiger partial charge in [0.05, 0.1) is 12.5 Å². The number of aryl methyl sites for hydroxylation is 1. The number of aromatic nitrogens is 4. The summed E-state index contributed by atoms with van der Waals surface area (Å²) in [6, 6.07) is 8.71.